The van der Waals surface area contributed by atoms with Gasteiger partial charge in [0.05, 0.1) is 12.7 Å². The van der Waals surface area contributed by atoms with Crippen molar-refractivity contribution in [2.45, 2.75) is 19.9 Å². The van der Waals surface area contributed by atoms with Crippen LogP contribution in [0.25, 0.3) is 0 Å². The summed E-state index contributed by atoms with van der Waals surface area (Å²) >= 11 is 3.34. The monoisotopic (exact) mass is 315 g/mol. The van der Waals surface area contributed by atoms with Crippen molar-refractivity contribution in [3.05, 3.63) is 28.2 Å². The molecule has 2 N–H and O–H groups in total. The zero-order chi connectivity index (χ0) is 13.7. The third-order valence-electron chi connectivity index (χ3n) is 2.92. The highest BCUT2D eigenvalue weighted by Crippen LogP contribution is 2.22. The predicted molar refractivity (Wildman–Crippen MR) is 73.9 cm³/mol. The maximum absolute atomic E-state index is 12.1. The Morgan fingerprint density at radius 3 is 2.72 bits per heavy atom. The van der Waals surface area contributed by atoms with E-state index in [-0.39, 0.29) is 24.5 Å². The van der Waals surface area contributed by atoms with Crippen LogP contribution < -0.4 is 10.1 Å². The topological polar surface area (TPSA) is 58.6 Å². The van der Waals surface area contributed by atoms with Crippen molar-refractivity contribution in [3.8, 4) is 5.75 Å². The SMILES string of the molecule is COc1ccc(Br)c(C(=O)NC(C)C(C)CO)c1. The van der Waals surface area contributed by atoms with Crippen LogP contribution >= 0.6 is 15.9 Å². The van der Waals surface area contributed by atoms with Gasteiger partial charge in [-0.1, -0.05) is 6.92 Å². The molecule has 18 heavy (non-hydrogen) atoms. The average molecular weight is 316 g/mol. The first kappa shape index (κ1) is 15.0. The minimum absolute atomic E-state index is 0.0123. The van der Waals surface area contributed by atoms with Crippen molar-refractivity contribution in [2.75, 3.05) is 13.7 Å². The number of methoxy groups -OCH3 is 1. The van der Waals surface area contributed by atoms with Crippen molar-refractivity contribution >= 4 is 21.8 Å². The lowest BCUT2D eigenvalue weighted by molar-refractivity contribution is 0.0915. The molecule has 0 aliphatic rings. The summed E-state index contributed by atoms with van der Waals surface area (Å²) in [6.45, 7) is 3.79. The smallest absolute Gasteiger partial charge is 0.252 e. The second-order valence-corrected chi connectivity index (χ2v) is 5.12. The molecule has 1 aromatic carbocycles. The summed E-state index contributed by atoms with van der Waals surface area (Å²) in [6.07, 6.45) is 0. The number of rotatable bonds is 5. The molecule has 1 aromatic rings. The van der Waals surface area contributed by atoms with Gasteiger partial charge in [-0.2, -0.15) is 0 Å². The number of aliphatic hydroxyl groups excluding tert-OH is 1. The number of hydrogen-bond donors (Lipinski definition) is 2. The first-order valence-electron chi connectivity index (χ1n) is 5.74. The summed E-state index contributed by atoms with van der Waals surface area (Å²) in [6, 6.07) is 5.13. The Bertz CT molecular complexity index is 423. The molecular weight excluding hydrogens is 298 g/mol. The molecule has 0 aliphatic carbocycles. The van der Waals surface area contributed by atoms with Crippen LogP contribution in [0.15, 0.2) is 22.7 Å². The van der Waals surface area contributed by atoms with Gasteiger partial charge in [-0.05, 0) is 47.0 Å². The number of amides is 1. The Hall–Kier alpha value is -1.07. The number of aliphatic hydroxyl groups is 1. The van der Waals surface area contributed by atoms with Gasteiger partial charge < -0.3 is 15.2 Å². The number of benzene rings is 1. The fourth-order valence-electron chi connectivity index (χ4n) is 1.39. The molecule has 0 bridgehead atoms. The van der Waals surface area contributed by atoms with Crippen molar-refractivity contribution in [3.63, 3.8) is 0 Å². The van der Waals surface area contributed by atoms with Crippen molar-refractivity contribution in [2.24, 2.45) is 5.92 Å². The van der Waals surface area contributed by atoms with Gasteiger partial charge in [-0.15, -0.1) is 0 Å². The summed E-state index contributed by atoms with van der Waals surface area (Å²) in [4.78, 5) is 12.1. The zero-order valence-electron chi connectivity index (χ0n) is 10.7. The average Bonchev–Trinajstić information content (AvgIpc) is 2.38. The Morgan fingerprint density at radius 1 is 1.50 bits per heavy atom. The lowest BCUT2D eigenvalue weighted by Crippen LogP contribution is -2.38. The summed E-state index contributed by atoms with van der Waals surface area (Å²) in [5, 5.41) is 11.9. The van der Waals surface area contributed by atoms with Crippen LogP contribution in [0.1, 0.15) is 24.2 Å². The summed E-state index contributed by atoms with van der Waals surface area (Å²) in [7, 11) is 1.56. The minimum Gasteiger partial charge on any atom is -0.497 e. The lowest BCUT2D eigenvalue weighted by atomic mass is 10.0. The fraction of sp³-hybridized carbons (Fsp3) is 0.462. The number of carbonyl (C=O) groups is 1. The highest BCUT2D eigenvalue weighted by Gasteiger charge is 2.17. The van der Waals surface area contributed by atoms with E-state index in [1.807, 2.05) is 13.8 Å². The number of hydrogen-bond acceptors (Lipinski definition) is 3. The Morgan fingerprint density at radius 2 is 2.17 bits per heavy atom. The van der Waals surface area contributed by atoms with Crippen LogP contribution in [0.4, 0.5) is 0 Å². The molecule has 0 aliphatic heterocycles. The molecule has 2 atom stereocenters. The van der Waals surface area contributed by atoms with Crippen molar-refractivity contribution in [1.82, 2.24) is 5.32 Å². The van der Waals surface area contributed by atoms with Crippen LogP contribution in [0, 0.1) is 5.92 Å². The standard InChI is InChI=1S/C13H18BrNO3/c1-8(7-16)9(2)15-13(17)11-6-10(18-3)4-5-12(11)14/h4-6,8-9,16H,7H2,1-3H3,(H,15,17). The first-order chi connectivity index (χ1) is 8.49. The van der Waals surface area contributed by atoms with Gasteiger partial charge in [-0.25, -0.2) is 0 Å². The number of halogens is 1. The molecule has 4 nitrogen and oxygen atoms in total. The largest absolute Gasteiger partial charge is 0.497 e. The Balaban J connectivity index is 2.83. The van der Waals surface area contributed by atoms with E-state index in [0.29, 0.717) is 15.8 Å². The second-order valence-electron chi connectivity index (χ2n) is 4.27. The Labute approximate surface area is 115 Å². The Kier molecular flexibility index (Phi) is 5.62. The highest BCUT2D eigenvalue weighted by molar-refractivity contribution is 9.10. The maximum atomic E-state index is 12.1. The van der Waals surface area contributed by atoms with Gasteiger partial charge in [0.15, 0.2) is 0 Å². The van der Waals surface area contributed by atoms with E-state index in [0.717, 1.165) is 0 Å². The maximum Gasteiger partial charge on any atom is 0.252 e. The molecule has 0 aromatic heterocycles. The minimum atomic E-state index is -0.187. The van der Waals surface area contributed by atoms with Crippen LogP contribution in [0.2, 0.25) is 0 Å². The van der Waals surface area contributed by atoms with Gasteiger partial charge >= 0.3 is 0 Å². The van der Waals surface area contributed by atoms with E-state index >= 15 is 0 Å². The van der Waals surface area contributed by atoms with E-state index in [1.54, 1.807) is 25.3 Å². The van der Waals surface area contributed by atoms with Gasteiger partial charge in [0.25, 0.3) is 5.91 Å². The van der Waals surface area contributed by atoms with Gasteiger partial charge in [0, 0.05) is 17.1 Å². The lowest BCUT2D eigenvalue weighted by Gasteiger charge is -2.19. The number of ether oxygens (including phenoxy) is 1. The first-order valence-corrected chi connectivity index (χ1v) is 6.54. The molecule has 0 saturated carbocycles. The van der Waals surface area contributed by atoms with Gasteiger partial charge in [0.2, 0.25) is 0 Å². The molecule has 0 fully saturated rings. The summed E-state index contributed by atoms with van der Waals surface area (Å²) in [5.74, 6) is 0.457. The van der Waals surface area contributed by atoms with E-state index in [1.165, 1.54) is 0 Å². The van der Waals surface area contributed by atoms with Gasteiger partial charge in [0.1, 0.15) is 5.75 Å². The molecule has 1 rings (SSSR count). The van der Waals surface area contributed by atoms with Crippen LogP contribution in [0.5, 0.6) is 5.75 Å². The third kappa shape index (κ3) is 3.71. The summed E-state index contributed by atoms with van der Waals surface area (Å²) in [5.41, 5.74) is 0.520. The molecule has 0 heterocycles. The van der Waals surface area contributed by atoms with E-state index in [2.05, 4.69) is 21.2 Å². The number of nitrogens with one attached hydrogen (secondary N) is 1. The molecule has 0 saturated heterocycles. The fourth-order valence-corrected chi connectivity index (χ4v) is 1.82. The molecule has 100 valence electrons. The highest BCUT2D eigenvalue weighted by atomic mass is 79.9. The molecule has 0 spiro atoms. The van der Waals surface area contributed by atoms with E-state index < -0.39 is 0 Å². The van der Waals surface area contributed by atoms with Crippen molar-refractivity contribution < 1.29 is 14.6 Å². The van der Waals surface area contributed by atoms with Crippen LogP contribution in [0.3, 0.4) is 0 Å². The molecular formula is C13H18BrNO3. The van der Waals surface area contributed by atoms with Gasteiger partial charge in [-0.3, -0.25) is 4.79 Å². The normalized spacial score (nSPS) is 13.8. The molecule has 1 amide bonds. The molecule has 0 radical (unpaired) electrons. The summed E-state index contributed by atoms with van der Waals surface area (Å²) < 4.78 is 5.81. The molecule has 5 heteroatoms. The molecule has 2 unspecified atom stereocenters. The third-order valence-corrected chi connectivity index (χ3v) is 3.61. The van der Waals surface area contributed by atoms with Crippen LogP contribution in [-0.2, 0) is 0 Å². The second kappa shape index (κ2) is 6.75. The predicted octanol–water partition coefficient (Wildman–Crippen LogP) is 2.20. The van der Waals surface area contributed by atoms with Crippen molar-refractivity contribution in [1.29, 1.82) is 0 Å². The quantitative estimate of drug-likeness (QED) is 0.875. The van der Waals surface area contributed by atoms with E-state index in [9.17, 15) is 4.79 Å². The zero-order valence-corrected chi connectivity index (χ0v) is 12.3. The van der Waals surface area contributed by atoms with E-state index in [4.69, 9.17) is 9.84 Å². The van der Waals surface area contributed by atoms with Crippen LogP contribution in [-0.4, -0.2) is 30.8 Å². The number of carbonyl (C=O) groups excluding carboxylic acids is 1.